The van der Waals surface area contributed by atoms with Gasteiger partial charge in [-0.05, 0) is 23.6 Å². The molecule has 2 aromatic rings. The van der Waals surface area contributed by atoms with Gasteiger partial charge in [-0.15, -0.1) is 10.2 Å². The first-order valence-corrected chi connectivity index (χ1v) is 6.45. The van der Waals surface area contributed by atoms with Crippen molar-refractivity contribution in [3.8, 4) is 0 Å². The van der Waals surface area contributed by atoms with E-state index in [1.807, 2.05) is 0 Å². The zero-order chi connectivity index (χ0) is 13.8. The number of benzene rings is 1. The molecule has 4 nitrogen and oxygen atoms in total. The van der Waals surface area contributed by atoms with E-state index >= 15 is 0 Å². The lowest BCUT2D eigenvalue weighted by atomic mass is 10.1. The van der Waals surface area contributed by atoms with Gasteiger partial charge in [0, 0.05) is 13.0 Å². The largest absolute Gasteiger partial charge is 0.324 e. The molecule has 0 aliphatic carbocycles. The van der Waals surface area contributed by atoms with E-state index in [2.05, 4.69) is 28.6 Å². The van der Waals surface area contributed by atoms with Gasteiger partial charge in [0.05, 0.1) is 6.54 Å². The molecule has 2 rings (SSSR count). The van der Waals surface area contributed by atoms with Gasteiger partial charge in [0.2, 0.25) is 0 Å². The van der Waals surface area contributed by atoms with Crippen LogP contribution in [0.3, 0.4) is 0 Å². The first-order chi connectivity index (χ1) is 9.10. The summed E-state index contributed by atoms with van der Waals surface area (Å²) >= 11 is 0. The van der Waals surface area contributed by atoms with Crippen LogP contribution in [0.25, 0.3) is 0 Å². The number of hydrogen-bond acceptors (Lipinski definition) is 3. The van der Waals surface area contributed by atoms with Crippen LogP contribution in [0.1, 0.15) is 31.1 Å². The third-order valence-electron chi connectivity index (χ3n) is 2.91. The molecule has 5 heteroatoms. The van der Waals surface area contributed by atoms with Crippen molar-refractivity contribution in [1.29, 1.82) is 0 Å². The van der Waals surface area contributed by atoms with Crippen LogP contribution in [0.5, 0.6) is 0 Å². The summed E-state index contributed by atoms with van der Waals surface area (Å²) in [6.07, 6.45) is 0.639. The van der Waals surface area contributed by atoms with Crippen LogP contribution < -0.4 is 5.73 Å². The summed E-state index contributed by atoms with van der Waals surface area (Å²) in [7, 11) is 0. The van der Waals surface area contributed by atoms with Gasteiger partial charge in [0.25, 0.3) is 0 Å². The maximum Gasteiger partial charge on any atom is 0.146 e. The van der Waals surface area contributed by atoms with Crippen LogP contribution >= 0.6 is 0 Å². The van der Waals surface area contributed by atoms with Gasteiger partial charge in [-0.1, -0.05) is 26.0 Å². The second-order valence-corrected chi connectivity index (χ2v) is 5.04. The summed E-state index contributed by atoms with van der Waals surface area (Å²) < 4.78 is 14.9. The number of hydrogen-bond donors (Lipinski definition) is 1. The summed E-state index contributed by atoms with van der Waals surface area (Å²) in [6.45, 7) is 5.50. The fraction of sp³-hybridized carbons (Fsp3) is 0.429. The highest BCUT2D eigenvalue weighted by molar-refractivity contribution is 5.20. The molecule has 0 saturated heterocycles. The molecule has 0 bridgehead atoms. The van der Waals surface area contributed by atoms with E-state index in [0.29, 0.717) is 18.9 Å². The average molecular weight is 262 g/mol. The fourth-order valence-electron chi connectivity index (χ4n) is 2.01. The van der Waals surface area contributed by atoms with Gasteiger partial charge in [0.15, 0.2) is 0 Å². The highest BCUT2D eigenvalue weighted by atomic mass is 19.1. The van der Waals surface area contributed by atoms with Gasteiger partial charge in [-0.2, -0.15) is 0 Å². The Morgan fingerprint density at radius 1 is 1.16 bits per heavy atom. The predicted octanol–water partition coefficient (Wildman–Crippen LogP) is 2.12. The summed E-state index contributed by atoms with van der Waals surface area (Å²) in [4.78, 5) is 0. The lowest BCUT2D eigenvalue weighted by Crippen LogP contribution is -2.14. The van der Waals surface area contributed by atoms with Gasteiger partial charge in [-0.3, -0.25) is 0 Å². The molecule has 19 heavy (non-hydrogen) atoms. The Hall–Kier alpha value is -1.75. The Bertz CT molecular complexity index is 531. The highest BCUT2D eigenvalue weighted by Gasteiger charge is 2.12. The van der Waals surface area contributed by atoms with E-state index in [0.717, 1.165) is 23.8 Å². The molecule has 0 unspecified atom stereocenters. The van der Waals surface area contributed by atoms with Crippen LogP contribution in [0.4, 0.5) is 4.39 Å². The normalized spacial score (nSPS) is 11.2. The molecule has 2 N–H and O–H groups in total. The van der Waals surface area contributed by atoms with Crippen molar-refractivity contribution in [3.05, 3.63) is 47.3 Å². The van der Waals surface area contributed by atoms with Gasteiger partial charge in [0.1, 0.15) is 17.5 Å². The van der Waals surface area contributed by atoms with E-state index in [9.17, 15) is 4.39 Å². The molecule has 1 aromatic carbocycles. The van der Waals surface area contributed by atoms with E-state index < -0.39 is 0 Å². The number of nitrogens with zero attached hydrogens (tertiary/aromatic N) is 3. The Labute approximate surface area is 112 Å². The Balaban J connectivity index is 2.24. The fourth-order valence-corrected chi connectivity index (χ4v) is 2.01. The van der Waals surface area contributed by atoms with Crippen LogP contribution in [-0.2, 0) is 19.5 Å². The van der Waals surface area contributed by atoms with E-state index in [4.69, 9.17) is 5.73 Å². The van der Waals surface area contributed by atoms with Gasteiger partial charge >= 0.3 is 0 Å². The maximum absolute atomic E-state index is 12.9. The minimum absolute atomic E-state index is 0.227. The smallest absolute Gasteiger partial charge is 0.146 e. The van der Waals surface area contributed by atoms with Crippen molar-refractivity contribution in [3.63, 3.8) is 0 Å². The molecule has 0 radical (unpaired) electrons. The van der Waals surface area contributed by atoms with E-state index in [1.54, 1.807) is 12.1 Å². The number of nitrogens with two attached hydrogens (primary N) is 1. The molecule has 0 spiro atoms. The number of rotatable bonds is 5. The molecule has 0 saturated carbocycles. The van der Waals surface area contributed by atoms with Crippen molar-refractivity contribution in [2.75, 3.05) is 0 Å². The molecular formula is C14H19FN4. The molecule has 0 amide bonds. The van der Waals surface area contributed by atoms with Crippen LogP contribution in [0, 0.1) is 11.7 Å². The molecule has 0 atom stereocenters. The lowest BCUT2D eigenvalue weighted by molar-refractivity contribution is 0.495. The second kappa shape index (κ2) is 5.93. The SMILES string of the molecule is CC(C)Cn1c(CN)nnc1Cc1ccc(F)cc1. The molecule has 1 aromatic heterocycles. The summed E-state index contributed by atoms with van der Waals surface area (Å²) in [5.41, 5.74) is 6.70. The molecule has 1 heterocycles. The number of aromatic nitrogens is 3. The predicted molar refractivity (Wildman–Crippen MR) is 72.0 cm³/mol. The number of halogens is 1. The second-order valence-electron chi connectivity index (χ2n) is 5.04. The van der Waals surface area contributed by atoms with Crippen molar-refractivity contribution in [2.24, 2.45) is 11.7 Å². The summed E-state index contributed by atoms with van der Waals surface area (Å²) in [5, 5.41) is 8.31. The topological polar surface area (TPSA) is 56.7 Å². The third-order valence-corrected chi connectivity index (χ3v) is 2.91. The molecule has 0 aliphatic heterocycles. The van der Waals surface area contributed by atoms with Crippen LogP contribution in [-0.4, -0.2) is 14.8 Å². The van der Waals surface area contributed by atoms with Crippen LogP contribution in [0.2, 0.25) is 0 Å². The van der Waals surface area contributed by atoms with Crippen LogP contribution in [0.15, 0.2) is 24.3 Å². The molecule has 0 fully saturated rings. The maximum atomic E-state index is 12.9. The summed E-state index contributed by atoms with van der Waals surface area (Å²) in [5.74, 6) is 1.94. The standard InChI is InChI=1S/C14H19FN4/c1-10(2)9-19-13(17-18-14(19)8-16)7-11-3-5-12(15)6-4-11/h3-6,10H,7-9,16H2,1-2H3. The monoisotopic (exact) mass is 262 g/mol. The minimum Gasteiger partial charge on any atom is -0.324 e. The van der Waals surface area contributed by atoms with E-state index in [1.165, 1.54) is 12.1 Å². The zero-order valence-electron chi connectivity index (χ0n) is 11.3. The van der Waals surface area contributed by atoms with Crippen molar-refractivity contribution < 1.29 is 4.39 Å². The van der Waals surface area contributed by atoms with Crippen molar-refractivity contribution in [2.45, 2.75) is 33.4 Å². The van der Waals surface area contributed by atoms with E-state index in [-0.39, 0.29) is 5.82 Å². The third kappa shape index (κ3) is 3.38. The minimum atomic E-state index is -0.227. The first kappa shape index (κ1) is 13.7. The van der Waals surface area contributed by atoms with Crippen molar-refractivity contribution in [1.82, 2.24) is 14.8 Å². The Morgan fingerprint density at radius 3 is 2.37 bits per heavy atom. The molecule has 0 aliphatic rings. The molecule has 102 valence electrons. The first-order valence-electron chi connectivity index (χ1n) is 6.45. The Kier molecular flexibility index (Phi) is 4.27. The quantitative estimate of drug-likeness (QED) is 0.898. The zero-order valence-corrected chi connectivity index (χ0v) is 11.3. The molecular weight excluding hydrogens is 243 g/mol. The van der Waals surface area contributed by atoms with Crippen molar-refractivity contribution >= 4 is 0 Å². The summed E-state index contributed by atoms with van der Waals surface area (Å²) in [6, 6.07) is 6.46. The van der Waals surface area contributed by atoms with Gasteiger partial charge in [-0.25, -0.2) is 4.39 Å². The lowest BCUT2D eigenvalue weighted by Gasteiger charge is -2.12. The Morgan fingerprint density at radius 2 is 1.79 bits per heavy atom. The average Bonchev–Trinajstić information content (AvgIpc) is 2.74. The van der Waals surface area contributed by atoms with Gasteiger partial charge < -0.3 is 10.3 Å². The highest BCUT2D eigenvalue weighted by Crippen LogP contribution is 2.12.